The summed E-state index contributed by atoms with van der Waals surface area (Å²) < 4.78 is 0. The van der Waals surface area contributed by atoms with Crippen LogP contribution in [0.4, 0.5) is 0 Å². The van der Waals surface area contributed by atoms with Gasteiger partial charge in [0.25, 0.3) is 0 Å². The van der Waals surface area contributed by atoms with E-state index in [1.165, 1.54) is 19.1 Å². The Kier molecular flexibility index (Phi) is 3.46. The molecule has 1 N–H and O–H groups in total. The van der Waals surface area contributed by atoms with Crippen LogP contribution < -0.4 is 0 Å². The van der Waals surface area contributed by atoms with Gasteiger partial charge in [0.2, 0.25) is 0 Å². The minimum atomic E-state index is -1.75. The second-order valence-electron chi connectivity index (χ2n) is 3.36. The minimum Gasteiger partial charge on any atom is -0.371 e. The Morgan fingerprint density at radius 1 is 1.53 bits per heavy atom. The van der Waals surface area contributed by atoms with E-state index in [-0.39, 0.29) is 12.2 Å². The van der Waals surface area contributed by atoms with Gasteiger partial charge < -0.3 is 5.11 Å². The quantitative estimate of drug-likeness (QED) is 0.798. The zero-order valence-corrected chi connectivity index (χ0v) is 8.95. The Morgan fingerprint density at radius 3 is 2.47 bits per heavy atom. The maximum atomic E-state index is 10.9. The van der Waals surface area contributed by atoms with Crippen LogP contribution in [0.5, 0.6) is 0 Å². The van der Waals surface area contributed by atoms with Gasteiger partial charge in [-0.3, -0.25) is 4.79 Å². The lowest BCUT2D eigenvalue weighted by molar-refractivity contribution is -0.120. The first kappa shape index (κ1) is 11.7. The molecule has 3 nitrogen and oxygen atoms in total. The predicted molar refractivity (Wildman–Crippen MR) is 56.3 cm³/mol. The third-order valence-electron chi connectivity index (χ3n) is 2.01. The molecule has 1 aromatic carbocycles. The smallest absolute Gasteiger partial charge is 0.183 e. The Hall–Kier alpha value is -1.37. The van der Waals surface area contributed by atoms with Gasteiger partial charge in [0, 0.05) is 5.02 Å². The number of benzene rings is 1. The summed E-state index contributed by atoms with van der Waals surface area (Å²) >= 11 is 5.68. The second-order valence-corrected chi connectivity index (χ2v) is 3.79. The van der Waals surface area contributed by atoms with Crippen molar-refractivity contribution in [1.82, 2.24) is 0 Å². The molecule has 1 rings (SSSR count). The first-order valence-electron chi connectivity index (χ1n) is 4.37. The molecule has 0 saturated carbocycles. The summed E-state index contributed by atoms with van der Waals surface area (Å²) in [5.74, 6) is -0.242. The lowest BCUT2D eigenvalue weighted by Crippen LogP contribution is -2.26. The predicted octanol–water partition coefficient (Wildman–Crippen LogP) is 2.03. The Labute approximate surface area is 92.9 Å². The molecule has 15 heavy (non-hydrogen) atoms. The van der Waals surface area contributed by atoms with Gasteiger partial charge in [0.1, 0.15) is 11.9 Å². The average molecular weight is 224 g/mol. The van der Waals surface area contributed by atoms with E-state index in [1.807, 2.05) is 0 Å². The van der Waals surface area contributed by atoms with Crippen LogP contribution >= 0.6 is 11.6 Å². The molecule has 1 aromatic rings. The molecule has 78 valence electrons. The molecule has 0 bridgehead atoms. The molecular weight excluding hydrogens is 214 g/mol. The third-order valence-corrected chi connectivity index (χ3v) is 2.26. The van der Waals surface area contributed by atoms with Crippen LogP contribution in [-0.4, -0.2) is 10.9 Å². The monoisotopic (exact) mass is 223 g/mol. The van der Waals surface area contributed by atoms with Crippen molar-refractivity contribution in [3.8, 4) is 6.07 Å². The Balaban J connectivity index is 3.07. The van der Waals surface area contributed by atoms with E-state index < -0.39 is 5.60 Å². The molecule has 0 radical (unpaired) electrons. The molecule has 0 fully saturated rings. The number of Topliss-reactive ketones (excluding diaryl/α,β-unsaturated/α-hetero) is 1. The highest BCUT2D eigenvalue weighted by Gasteiger charge is 2.30. The van der Waals surface area contributed by atoms with Crippen LogP contribution in [0, 0.1) is 11.3 Å². The topological polar surface area (TPSA) is 61.1 Å². The highest BCUT2D eigenvalue weighted by Crippen LogP contribution is 2.25. The number of hydrogen-bond donors (Lipinski definition) is 1. The zero-order chi connectivity index (χ0) is 11.5. The molecule has 0 saturated heterocycles. The first-order valence-corrected chi connectivity index (χ1v) is 4.75. The second kappa shape index (κ2) is 4.43. The highest BCUT2D eigenvalue weighted by molar-refractivity contribution is 6.30. The van der Waals surface area contributed by atoms with Gasteiger partial charge in [-0.25, -0.2) is 0 Å². The molecular formula is C11H10ClNO2. The van der Waals surface area contributed by atoms with E-state index >= 15 is 0 Å². The summed E-state index contributed by atoms with van der Waals surface area (Å²) in [6, 6.07) is 7.95. The number of carbonyl (C=O) groups excluding carboxylic acids is 1. The molecule has 0 aliphatic carbocycles. The van der Waals surface area contributed by atoms with Crippen molar-refractivity contribution < 1.29 is 9.90 Å². The van der Waals surface area contributed by atoms with Crippen molar-refractivity contribution >= 4 is 17.4 Å². The van der Waals surface area contributed by atoms with Crippen LogP contribution in [0.25, 0.3) is 0 Å². The lowest BCUT2D eigenvalue weighted by Gasteiger charge is -2.18. The van der Waals surface area contributed by atoms with Gasteiger partial charge in [0.15, 0.2) is 5.60 Å². The van der Waals surface area contributed by atoms with Gasteiger partial charge in [-0.15, -0.1) is 0 Å². The van der Waals surface area contributed by atoms with Crippen molar-refractivity contribution in [2.45, 2.75) is 18.9 Å². The number of halogens is 1. The highest BCUT2D eigenvalue weighted by atomic mass is 35.5. The van der Waals surface area contributed by atoms with Crippen molar-refractivity contribution in [1.29, 1.82) is 5.26 Å². The number of hydrogen-bond acceptors (Lipinski definition) is 3. The fourth-order valence-electron chi connectivity index (χ4n) is 1.29. The van der Waals surface area contributed by atoms with Crippen LogP contribution in [0.15, 0.2) is 24.3 Å². The van der Waals surface area contributed by atoms with Crippen LogP contribution in [-0.2, 0) is 10.4 Å². The third kappa shape index (κ3) is 2.79. The fraction of sp³-hybridized carbons (Fsp3) is 0.273. The molecule has 4 heteroatoms. The molecule has 0 spiro atoms. The van der Waals surface area contributed by atoms with Gasteiger partial charge in [0.05, 0.1) is 6.42 Å². The Morgan fingerprint density at radius 2 is 2.07 bits per heavy atom. The zero-order valence-electron chi connectivity index (χ0n) is 8.20. The standard InChI is InChI=1S/C11H10ClNO2/c1-8(14)6-11(15,7-13)9-2-4-10(12)5-3-9/h2-5,15H,6H2,1H3. The molecule has 1 unspecified atom stereocenters. The average Bonchev–Trinajstić information content (AvgIpc) is 2.17. The van der Waals surface area contributed by atoms with Crippen molar-refractivity contribution in [3.05, 3.63) is 34.9 Å². The Bertz CT molecular complexity index is 408. The van der Waals surface area contributed by atoms with E-state index in [1.54, 1.807) is 18.2 Å². The normalized spacial score (nSPS) is 14.0. The van der Waals surface area contributed by atoms with Gasteiger partial charge in [-0.1, -0.05) is 23.7 Å². The van der Waals surface area contributed by atoms with E-state index in [0.29, 0.717) is 10.6 Å². The fourth-order valence-corrected chi connectivity index (χ4v) is 1.42. The molecule has 0 aliphatic heterocycles. The van der Waals surface area contributed by atoms with E-state index in [9.17, 15) is 9.90 Å². The molecule has 0 aromatic heterocycles. The number of aliphatic hydroxyl groups is 1. The van der Waals surface area contributed by atoms with Crippen LogP contribution in [0.2, 0.25) is 5.02 Å². The van der Waals surface area contributed by atoms with E-state index in [0.717, 1.165) is 0 Å². The number of rotatable bonds is 3. The summed E-state index contributed by atoms with van der Waals surface area (Å²) in [6.45, 7) is 1.33. The molecule has 0 heterocycles. The van der Waals surface area contributed by atoms with Gasteiger partial charge >= 0.3 is 0 Å². The number of nitriles is 1. The van der Waals surface area contributed by atoms with Crippen LogP contribution in [0.3, 0.4) is 0 Å². The van der Waals surface area contributed by atoms with Gasteiger partial charge in [-0.05, 0) is 24.6 Å². The summed E-state index contributed by atoms with van der Waals surface area (Å²) in [4.78, 5) is 10.9. The van der Waals surface area contributed by atoms with Crippen molar-refractivity contribution in [3.63, 3.8) is 0 Å². The van der Waals surface area contributed by atoms with Crippen molar-refractivity contribution in [2.75, 3.05) is 0 Å². The largest absolute Gasteiger partial charge is 0.371 e. The lowest BCUT2D eigenvalue weighted by atomic mass is 9.90. The summed E-state index contributed by atoms with van der Waals surface area (Å²) in [7, 11) is 0. The number of nitrogens with zero attached hydrogens (tertiary/aromatic N) is 1. The number of carbonyl (C=O) groups is 1. The van der Waals surface area contributed by atoms with Crippen molar-refractivity contribution in [2.24, 2.45) is 0 Å². The summed E-state index contributed by atoms with van der Waals surface area (Å²) in [5.41, 5.74) is -1.37. The first-order chi connectivity index (χ1) is 6.98. The SMILES string of the molecule is CC(=O)CC(O)(C#N)c1ccc(Cl)cc1. The number of ketones is 1. The summed E-state index contributed by atoms with van der Waals surface area (Å²) in [5, 5.41) is 19.3. The van der Waals surface area contributed by atoms with E-state index in [2.05, 4.69) is 0 Å². The minimum absolute atomic E-state index is 0.217. The maximum absolute atomic E-state index is 10.9. The summed E-state index contributed by atoms with van der Waals surface area (Å²) in [6.07, 6.45) is -0.217. The molecule has 0 aliphatic rings. The van der Waals surface area contributed by atoms with Gasteiger partial charge in [-0.2, -0.15) is 5.26 Å². The molecule has 0 amide bonds. The van der Waals surface area contributed by atoms with E-state index in [4.69, 9.17) is 16.9 Å². The molecule has 1 atom stereocenters. The van der Waals surface area contributed by atoms with Crippen LogP contribution in [0.1, 0.15) is 18.9 Å². The maximum Gasteiger partial charge on any atom is 0.183 e.